The number of methoxy groups -OCH3 is 1. The minimum Gasteiger partial charge on any atom is -0.619 e. The highest BCUT2D eigenvalue weighted by Crippen LogP contribution is 2.16. The summed E-state index contributed by atoms with van der Waals surface area (Å²) in [6, 6.07) is 1.54. The average molecular weight is 240 g/mol. The predicted molar refractivity (Wildman–Crippen MR) is 61.3 cm³/mol. The molecule has 6 nitrogen and oxygen atoms in total. The molecule has 1 rings (SSSR count). The standard InChI is InChI=1S/C11H16N2O4/c1-16-4-5-17-11-2-3-13(15)7-9(11)6-10(12)8-14/h2-3,7,12,14H,4-6,8H2,1H3. The molecule has 0 unspecified atom stereocenters. The van der Waals surface area contributed by atoms with E-state index in [0.29, 0.717) is 29.3 Å². The molecule has 0 aliphatic rings. The summed E-state index contributed by atoms with van der Waals surface area (Å²) >= 11 is 0. The van der Waals surface area contributed by atoms with Gasteiger partial charge in [-0.3, -0.25) is 0 Å². The van der Waals surface area contributed by atoms with Crippen molar-refractivity contribution in [1.82, 2.24) is 0 Å². The van der Waals surface area contributed by atoms with Gasteiger partial charge in [-0.2, -0.15) is 4.73 Å². The van der Waals surface area contributed by atoms with Crippen molar-refractivity contribution < 1.29 is 19.3 Å². The highest BCUT2D eigenvalue weighted by Gasteiger charge is 2.10. The Bertz CT molecular complexity index is 382. The van der Waals surface area contributed by atoms with Crippen LogP contribution in [0.25, 0.3) is 0 Å². The number of aliphatic hydroxyl groups is 1. The number of nitrogens with one attached hydrogen (secondary N) is 1. The van der Waals surface area contributed by atoms with Crippen LogP contribution in [0, 0.1) is 10.6 Å². The van der Waals surface area contributed by atoms with Crippen LogP contribution in [0.5, 0.6) is 5.75 Å². The SMILES string of the molecule is COCCOc1cc[n+]([O-])cc1CC(=N)CO. The molecule has 0 aliphatic carbocycles. The third-order valence-corrected chi connectivity index (χ3v) is 2.11. The minimum absolute atomic E-state index is 0.132. The Balaban J connectivity index is 2.76. The van der Waals surface area contributed by atoms with Gasteiger partial charge in [0, 0.05) is 25.3 Å². The zero-order valence-corrected chi connectivity index (χ0v) is 9.68. The average Bonchev–Trinajstić information content (AvgIpc) is 2.32. The maximum atomic E-state index is 11.1. The van der Waals surface area contributed by atoms with Crippen LogP contribution in [-0.2, 0) is 11.2 Å². The van der Waals surface area contributed by atoms with E-state index < -0.39 is 0 Å². The molecule has 0 atom stereocenters. The molecule has 1 heterocycles. The summed E-state index contributed by atoms with van der Waals surface area (Å²) in [5.41, 5.74) is 0.713. The first-order chi connectivity index (χ1) is 8.17. The zero-order valence-electron chi connectivity index (χ0n) is 9.68. The van der Waals surface area contributed by atoms with Crippen LogP contribution in [0.15, 0.2) is 18.5 Å². The van der Waals surface area contributed by atoms with Crippen molar-refractivity contribution in [3.05, 3.63) is 29.2 Å². The fourth-order valence-electron chi connectivity index (χ4n) is 1.30. The van der Waals surface area contributed by atoms with Gasteiger partial charge in [-0.15, -0.1) is 0 Å². The van der Waals surface area contributed by atoms with Crippen LogP contribution < -0.4 is 9.47 Å². The van der Waals surface area contributed by atoms with Gasteiger partial charge in [0.15, 0.2) is 12.4 Å². The molecule has 0 spiro atoms. The van der Waals surface area contributed by atoms with E-state index in [2.05, 4.69) is 0 Å². The second-order valence-corrected chi connectivity index (χ2v) is 3.47. The lowest BCUT2D eigenvalue weighted by atomic mass is 10.1. The lowest BCUT2D eigenvalue weighted by molar-refractivity contribution is -0.605. The molecule has 0 aromatic carbocycles. The Morgan fingerprint density at radius 2 is 2.29 bits per heavy atom. The van der Waals surface area contributed by atoms with Crippen LogP contribution in [0.2, 0.25) is 0 Å². The molecule has 0 amide bonds. The molecule has 1 aromatic heterocycles. The predicted octanol–water partition coefficient (Wildman–Crippen LogP) is -0.100. The Labute approximate surface area is 99.5 Å². The third kappa shape index (κ3) is 4.38. The number of nitrogens with zero attached hydrogens (tertiary/aromatic N) is 1. The van der Waals surface area contributed by atoms with Crippen molar-refractivity contribution in [3.63, 3.8) is 0 Å². The van der Waals surface area contributed by atoms with Crippen molar-refractivity contribution >= 4 is 5.71 Å². The summed E-state index contributed by atoms with van der Waals surface area (Å²) in [5, 5.41) is 27.4. The molecule has 0 saturated heterocycles. The van der Waals surface area contributed by atoms with Gasteiger partial charge in [-0.1, -0.05) is 0 Å². The summed E-state index contributed by atoms with van der Waals surface area (Å²) in [4.78, 5) is 0. The van der Waals surface area contributed by atoms with Gasteiger partial charge in [0.05, 0.1) is 18.8 Å². The van der Waals surface area contributed by atoms with Gasteiger partial charge in [0.25, 0.3) is 0 Å². The summed E-state index contributed by atoms with van der Waals surface area (Å²) in [6.07, 6.45) is 2.86. The molecule has 0 aliphatic heterocycles. The quantitative estimate of drug-likeness (QED) is 0.301. The molecule has 0 fully saturated rings. The number of ether oxygens (including phenoxy) is 2. The number of pyridine rings is 1. The largest absolute Gasteiger partial charge is 0.619 e. The van der Waals surface area contributed by atoms with E-state index in [1.165, 1.54) is 12.4 Å². The monoisotopic (exact) mass is 240 g/mol. The second kappa shape index (κ2) is 6.82. The highest BCUT2D eigenvalue weighted by atomic mass is 16.5. The Morgan fingerprint density at radius 1 is 1.53 bits per heavy atom. The first-order valence-electron chi connectivity index (χ1n) is 5.18. The Morgan fingerprint density at radius 3 is 2.94 bits per heavy atom. The van der Waals surface area contributed by atoms with E-state index in [1.807, 2.05) is 0 Å². The smallest absolute Gasteiger partial charge is 0.187 e. The van der Waals surface area contributed by atoms with Gasteiger partial charge < -0.3 is 25.2 Å². The van der Waals surface area contributed by atoms with E-state index in [-0.39, 0.29) is 18.7 Å². The maximum absolute atomic E-state index is 11.1. The van der Waals surface area contributed by atoms with Crippen LogP contribution in [0.1, 0.15) is 5.56 Å². The van der Waals surface area contributed by atoms with Crippen molar-refractivity contribution in [1.29, 1.82) is 5.41 Å². The number of hydrogen-bond donors (Lipinski definition) is 2. The van der Waals surface area contributed by atoms with Crippen LogP contribution in [0.3, 0.4) is 0 Å². The molecule has 1 aromatic rings. The summed E-state index contributed by atoms with van der Waals surface area (Å²) in [7, 11) is 1.57. The topological polar surface area (TPSA) is 89.5 Å². The second-order valence-electron chi connectivity index (χ2n) is 3.47. The fraction of sp³-hybridized carbons (Fsp3) is 0.455. The van der Waals surface area contributed by atoms with Crippen molar-refractivity contribution in [2.24, 2.45) is 0 Å². The number of hydrogen-bond acceptors (Lipinski definition) is 5. The van der Waals surface area contributed by atoms with Gasteiger partial charge in [0.2, 0.25) is 0 Å². The van der Waals surface area contributed by atoms with Crippen molar-refractivity contribution in [3.8, 4) is 5.75 Å². The third-order valence-electron chi connectivity index (χ3n) is 2.11. The van der Waals surface area contributed by atoms with Gasteiger partial charge >= 0.3 is 0 Å². The Kier molecular flexibility index (Phi) is 5.38. The summed E-state index contributed by atoms with van der Waals surface area (Å²) in [6.45, 7) is 0.493. The molecule has 2 N–H and O–H groups in total. The van der Waals surface area contributed by atoms with Crippen LogP contribution in [-0.4, -0.2) is 37.7 Å². The Hall–Kier alpha value is -1.66. The molecule has 6 heteroatoms. The molecule has 94 valence electrons. The molecule has 17 heavy (non-hydrogen) atoms. The van der Waals surface area contributed by atoms with E-state index >= 15 is 0 Å². The molecular formula is C11H16N2O4. The van der Waals surface area contributed by atoms with E-state index in [1.54, 1.807) is 13.2 Å². The zero-order chi connectivity index (χ0) is 12.7. The number of rotatable bonds is 7. The fourth-order valence-corrected chi connectivity index (χ4v) is 1.30. The van der Waals surface area contributed by atoms with Gasteiger partial charge in [0.1, 0.15) is 12.4 Å². The van der Waals surface area contributed by atoms with Gasteiger partial charge in [-0.25, -0.2) is 0 Å². The molecule has 0 bridgehead atoms. The lowest BCUT2D eigenvalue weighted by Gasteiger charge is -2.10. The number of aromatic nitrogens is 1. The normalized spacial score (nSPS) is 10.2. The van der Waals surface area contributed by atoms with E-state index in [9.17, 15) is 5.21 Å². The lowest BCUT2D eigenvalue weighted by Crippen LogP contribution is -2.26. The van der Waals surface area contributed by atoms with Gasteiger partial charge in [-0.05, 0) is 0 Å². The summed E-state index contributed by atoms with van der Waals surface area (Å²) in [5.74, 6) is 0.535. The van der Waals surface area contributed by atoms with E-state index in [4.69, 9.17) is 20.0 Å². The number of aliphatic hydroxyl groups excluding tert-OH is 1. The van der Waals surface area contributed by atoms with Crippen molar-refractivity contribution in [2.75, 3.05) is 26.9 Å². The maximum Gasteiger partial charge on any atom is 0.187 e. The van der Waals surface area contributed by atoms with E-state index in [0.717, 1.165) is 0 Å². The van der Waals surface area contributed by atoms with Crippen LogP contribution in [0.4, 0.5) is 0 Å². The van der Waals surface area contributed by atoms with Crippen molar-refractivity contribution in [2.45, 2.75) is 6.42 Å². The first kappa shape index (κ1) is 13.4. The van der Waals surface area contributed by atoms with Crippen LogP contribution >= 0.6 is 0 Å². The molecular weight excluding hydrogens is 224 g/mol. The molecule has 0 radical (unpaired) electrons. The first-order valence-corrected chi connectivity index (χ1v) is 5.18. The molecule has 0 saturated carbocycles. The highest BCUT2D eigenvalue weighted by molar-refractivity contribution is 5.84. The summed E-state index contributed by atoms with van der Waals surface area (Å²) < 4.78 is 10.9. The minimum atomic E-state index is -0.328.